The molecule has 1 aromatic heterocycles. The number of aromatic nitrogens is 2. The van der Waals surface area contributed by atoms with E-state index in [0.29, 0.717) is 0 Å². The van der Waals surface area contributed by atoms with Crippen molar-refractivity contribution in [2.45, 2.75) is 52.4 Å². The molecule has 2 rings (SSSR count). The average Bonchev–Trinajstić information content (AvgIpc) is 2.74. The zero-order valence-electron chi connectivity index (χ0n) is 12.9. The molecule has 0 atom stereocenters. The minimum absolute atomic E-state index is 0.0785. The highest BCUT2D eigenvalue weighted by atomic mass is 16.1. The normalized spacial score (nSPS) is 11.8. The van der Waals surface area contributed by atoms with E-state index < -0.39 is 0 Å². The van der Waals surface area contributed by atoms with E-state index in [9.17, 15) is 4.79 Å². The Bertz CT molecular complexity index is 615. The van der Waals surface area contributed by atoms with Gasteiger partial charge in [0.15, 0.2) is 0 Å². The predicted octanol–water partition coefficient (Wildman–Crippen LogP) is 3.81. The maximum Gasteiger partial charge on any atom is 0.275 e. The number of rotatable bonds is 4. The van der Waals surface area contributed by atoms with Gasteiger partial charge in [0.2, 0.25) is 0 Å². The van der Waals surface area contributed by atoms with E-state index in [0.717, 1.165) is 36.2 Å². The molecule has 0 aliphatic rings. The predicted molar refractivity (Wildman–Crippen MR) is 83.7 cm³/mol. The lowest BCUT2D eigenvalue weighted by atomic mass is 9.86. The van der Waals surface area contributed by atoms with Crippen LogP contribution in [-0.2, 0) is 11.8 Å². The average molecular weight is 272 g/mol. The molecule has 0 saturated carbocycles. The quantitative estimate of drug-likeness (QED) is 0.903. The first-order valence-electron chi connectivity index (χ1n) is 7.35. The summed E-state index contributed by atoms with van der Waals surface area (Å²) >= 11 is 0. The summed E-state index contributed by atoms with van der Waals surface area (Å²) in [5.41, 5.74) is 2.82. The van der Waals surface area contributed by atoms with Crippen molar-refractivity contribution in [3.05, 3.63) is 51.9 Å². The molecule has 0 unspecified atom stereocenters. The number of para-hydroxylation sites is 1. The fourth-order valence-electron chi connectivity index (χ4n) is 2.55. The Morgan fingerprint density at radius 3 is 2.35 bits per heavy atom. The van der Waals surface area contributed by atoms with Gasteiger partial charge in [-0.25, -0.2) is 4.68 Å². The molecule has 108 valence electrons. The van der Waals surface area contributed by atoms with E-state index >= 15 is 0 Å². The molecule has 1 N–H and O–H groups in total. The number of nitrogens with zero attached hydrogens (tertiary/aromatic N) is 1. The number of hydrogen-bond acceptors (Lipinski definition) is 1. The zero-order chi connectivity index (χ0) is 14.8. The van der Waals surface area contributed by atoms with E-state index in [-0.39, 0.29) is 11.0 Å². The van der Waals surface area contributed by atoms with Crippen LogP contribution in [0.15, 0.2) is 35.1 Å². The maximum absolute atomic E-state index is 12.7. The van der Waals surface area contributed by atoms with Gasteiger partial charge in [-0.1, -0.05) is 52.3 Å². The molecule has 2 aromatic rings. The van der Waals surface area contributed by atoms with Crippen molar-refractivity contribution in [2.75, 3.05) is 0 Å². The van der Waals surface area contributed by atoms with Gasteiger partial charge in [0.1, 0.15) is 0 Å². The van der Waals surface area contributed by atoms with Gasteiger partial charge < -0.3 is 0 Å². The summed E-state index contributed by atoms with van der Waals surface area (Å²) in [6.07, 6.45) is 3.15. The highest BCUT2D eigenvalue weighted by Crippen LogP contribution is 2.23. The van der Waals surface area contributed by atoms with Crippen LogP contribution in [-0.4, -0.2) is 9.78 Å². The first-order valence-corrected chi connectivity index (χ1v) is 7.35. The molecule has 0 radical (unpaired) electrons. The van der Waals surface area contributed by atoms with Crippen molar-refractivity contribution in [3.8, 4) is 5.69 Å². The van der Waals surface area contributed by atoms with Gasteiger partial charge in [0.25, 0.3) is 5.56 Å². The number of nitrogens with one attached hydrogen (secondary N) is 1. The molecule has 3 heteroatoms. The Morgan fingerprint density at radius 1 is 1.15 bits per heavy atom. The lowest BCUT2D eigenvalue weighted by molar-refractivity contribution is 0.575. The second-order valence-corrected chi connectivity index (χ2v) is 6.30. The monoisotopic (exact) mass is 272 g/mol. The summed E-state index contributed by atoms with van der Waals surface area (Å²) < 4.78 is 1.67. The van der Waals surface area contributed by atoms with Gasteiger partial charge in [0, 0.05) is 11.3 Å². The van der Waals surface area contributed by atoms with Gasteiger partial charge >= 0.3 is 0 Å². The first-order chi connectivity index (χ1) is 9.45. The van der Waals surface area contributed by atoms with Crippen LogP contribution in [0.1, 0.15) is 51.8 Å². The fourth-order valence-corrected chi connectivity index (χ4v) is 2.55. The van der Waals surface area contributed by atoms with Crippen LogP contribution in [0, 0.1) is 0 Å². The van der Waals surface area contributed by atoms with Crippen molar-refractivity contribution in [3.63, 3.8) is 0 Å². The van der Waals surface area contributed by atoms with Gasteiger partial charge in [-0.15, -0.1) is 0 Å². The summed E-state index contributed by atoms with van der Waals surface area (Å²) in [7, 11) is 0. The molecule has 0 spiro atoms. The zero-order valence-corrected chi connectivity index (χ0v) is 12.9. The second-order valence-electron chi connectivity index (χ2n) is 6.30. The highest BCUT2D eigenvalue weighted by molar-refractivity contribution is 5.35. The number of unbranched alkanes of at least 4 members (excludes halogenated alkanes) is 1. The van der Waals surface area contributed by atoms with E-state index in [4.69, 9.17) is 0 Å². The van der Waals surface area contributed by atoms with Crippen LogP contribution < -0.4 is 5.56 Å². The van der Waals surface area contributed by atoms with Gasteiger partial charge in [-0.05, 0) is 30.4 Å². The SMILES string of the molecule is CCCCc1[nH]n(-c2ccccc2)c(=O)c1C(C)(C)C. The molecule has 1 aromatic carbocycles. The van der Waals surface area contributed by atoms with Crippen molar-refractivity contribution in [2.24, 2.45) is 0 Å². The third-order valence-electron chi connectivity index (χ3n) is 3.51. The number of aryl methyl sites for hydroxylation is 1. The first kappa shape index (κ1) is 14.6. The third-order valence-corrected chi connectivity index (χ3v) is 3.51. The molecule has 0 bridgehead atoms. The third kappa shape index (κ3) is 2.87. The Hall–Kier alpha value is -1.77. The van der Waals surface area contributed by atoms with Crippen molar-refractivity contribution < 1.29 is 0 Å². The highest BCUT2D eigenvalue weighted by Gasteiger charge is 2.25. The van der Waals surface area contributed by atoms with Crippen molar-refractivity contribution in [1.82, 2.24) is 9.78 Å². The number of hydrogen-bond donors (Lipinski definition) is 1. The fraction of sp³-hybridized carbons (Fsp3) is 0.471. The summed E-state index contributed by atoms with van der Waals surface area (Å²) in [4.78, 5) is 12.7. The molecule has 3 nitrogen and oxygen atoms in total. The topological polar surface area (TPSA) is 37.8 Å². The van der Waals surface area contributed by atoms with Crippen LogP contribution in [0.2, 0.25) is 0 Å². The number of H-pyrrole nitrogens is 1. The Morgan fingerprint density at radius 2 is 1.80 bits per heavy atom. The van der Waals surface area contributed by atoms with Crippen LogP contribution in [0.25, 0.3) is 5.69 Å². The summed E-state index contributed by atoms with van der Waals surface area (Å²) in [5.74, 6) is 0. The van der Waals surface area contributed by atoms with Crippen LogP contribution in [0.3, 0.4) is 0 Å². The van der Waals surface area contributed by atoms with E-state index in [1.807, 2.05) is 30.3 Å². The second kappa shape index (κ2) is 5.70. The minimum Gasteiger partial charge on any atom is -0.295 e. The van der Waals surface area contributed by atoms with Crippen LogP contribution in [0.5, 0.6) is 0 Å². The van der Waals surface area contributed by atoms with Crippen molar-refractivity contribution >= 4 is 0 Å². The standard InChI is InChI=1S/C17H24N2O/c1-5-6-12-14-15(17(2,3)4)16(20)19(18-14)13-10-8-7-9-11-13/h7-11,18H,5-6,12H2,1-4H3. The molecule has 0 saturated heterocycles. The van der Waals surface area contributed by atoms with E-state index in [2.05, 4.69) is 32.8 Å². The Kier molecular flexibility index (Phi) is 4.17. The molecule has 0 aliphatic carbocycles. The molecule has 20 heavy (non-hydrogen) atoms. The summed E-state index contributed by atoms with van der Waals surface area (Å²) in [5, 5.41) is 3.31. The Labute approximate surface area is 120 Å². The number of aromatic amines is 1. The largest absolute Gasteiger partial charge is 0.295 e. The molecule has 0 amide bonds. The molecular formula is C17H24N2O. The van der Waals surface area contributed by atoms with Crippen LogP contribution in [0.4, 0.5) is 0 Å². The van der Waals surface area contributed by atoms with E-state index in [1.54, 1.807) is 4.68 Å². The van der Waals surface area contributed by atoms with E-state index in [1.165, 1.54) is 0 Å². The maximum atomic E-state index is 12.7. The van der Waals surface area contributed by atoms with Gasteiger partial charge in [-0.3, -0.25) is 9.89 Å². The molecule has 0 fully saturated rings. The minimum atomic E-state index is -0.142. The Balaban J connectivity index is 2.56. The molecular weight excluding hydrogens is 248 g/mol. The molecule has 1 heterocycles. The van der Waals surface area contributed by atoms with Gasteiger partial charge in [0.05, 0.1) is 5.69 Å². The smallest absolute Gasteiger partial charge is 0.275 e. The lowest BCUT2D eigenvalue weighted by Crippen LogP contribution is -2.25. The van der Waals surface area contributed by atoms with Crippen molar-refractivity contribution in [1.29, 1.82) is 0 Å². The summed E-state index contributed by atoms with van der Waals surface area (Å²) in [6.45, 7) is 8.47. The van der Waals surface area contributed by atoms with Gasteiger partial charge in [-0.2, -0.15) is 0 Å². The summed E-state index contributed by atoms with van der Waals surface area (Å²) in [6, 6.07) is 9.76. The molecule has 0 aliphatic heterocycles. The van der Waals surface area contributed by atoms with Crippen LogP contribution >= 0.6 is 0 Å². The number of benzene rings is 1. The lowest BCUT2D eigenvalue weighted by Gasteiger charge is -2.17.